The summed E-state index contributed by atoms with van der Waals surface area (Å²) in [6.07, 6.45) is 0.999. The Morgan fingerprint density at radius 2 is 1.50 bits per heavy atom. The van der Waals surface area contributed by atoms with Gasteiger partial charge in [0.1, 0.15) is 4.99 Å². The Balaban J connectivity index is 1.69. The quantitative estimate of drug-likeness (QED) is 0.594. The van der Waals surface area contributed by atoms with Crippen molar-refractivity contribution in [3.05, 3.63) is 96.1 Å². The molecule has 1 aliphatic heterocycles. The third-order valence-corrected chi connectivity index (χ3v) is 5.38. The van der Waals surface area contributed by atoms with E-state index in [4.69, 9.17) is 12.2 Å². The van der Waals surface area contributed by atoms with E-state index in [0.29, 0.717) is 6.04 Å². The highest BCUT2D eigenvalue weighted by atomic mass is 32.1. The van der Waals surface area contributed by atoms with Crippen molar-refractivity contribution in [2.45, 2.75) is 25.4 Å². The van der Waals surface area contributed by atoms with Crippen LogP contribution in [0.3, 0.4) is 0 Å². The van der Waals surface area contributed by atoms with E-state index in [1.54, 1.807) is 0 Å². The van der Waals surface area contributed by atoms with Crippen molar-refractivity contribution in [3.63, 3.8) is 0 Å². The van der Waals surface area contributed by atoms with Crippen LogP contribution in [0.15, 0.2) is 84.9 Å². The monoisotopic (exact) mass is 358 g/mol. The lowest BCUT2D eigenvalue weighted by molar-refractivity contribution is 0.564. The molecule has 130 valence electrons. The Bertz CT molecular complexity index is 892. The lowest BCUT2D eigenvalue weighted by Crippen LogP contribution is -2.43. The van der Waals surface area contributed by atoms with Crippen LogP contribution in [-0.2, 0) is 0 Å². The van der Waals surface area contributed by atoms with Gasteiger partial charge in [0.2, 0.25) is 0 Å². The van der Waals surface area contributed by atoms with Gasteiger partial charge >= 0.3 is 0 Å². The zero-order chi connectivity index (χ0) is 17.9. The van der Waals surface area contributed by atoms with Crippen LogP contribution in [0.4, 0.5) is 11.4 Å². The van der Waals surface area contributed by atoms with Crippen LogP contribution in [0.5, 0.6) is 0 Å². The highest BCUT2D eigenvalue weighted by Gasteiger charge is 2.32. The average Bonchev–Trinajstić information content (AvgIpc) is 2.69. The molecule has 0 saturated carbocycles. The van der Waals surface area contributed by atoms with Crippen molar-refractivity contribution in [3.8, 4) is 0 Å². The van der Waals surface area contributed by atoms with Crippen LogP contribution in [-0.4, -0.2) is 11.0 Å². The van der Waals surface area contributed by atoms with E-state index >= 15 is 0 Å². The van der Waals surface area contributed by atoms with Crippen LogP contribution in [0.1, 0.15) is 30.5 Å². The summed E-state index contributed by atoms with van der Waals surface area (Å²) in [6.45, 7) is 2.25. The Labute approximate surface area is 160 Å². The van der Waals surface area contributed by atoms with Gasteiger partial charge in [-0.2, -0.15) is 0 Å². The van der Waals surface area contributed by atoms with Gasteiger partial charge in [0.05, 0.1) is 6.04 Å². The van der Waals surface area contributed by atoms with E-state index in [1.165, 1.54) is 11.3 Å². The fraction of sp³-hybridized carbons (Fsp3) is 0.174. The molecule has 3 heteroatoms. The van der Waals surface area contributed by atoms with E-state index < -0.39 is 0 Å². The molecule has 2 nitrogen and oxygen atoms in total. The largest absolute Gasteiger partial charge is 0.378 e. The average molecular weight is 359 g/mol. The predicted octanol–water partition coefficient (Wildman–Crippen LogP) is 5.81. The zero-order valence-corrected chi connectivity index (χ0v) is 15.6. The maximum absolute atomic E-state index is 5.87. The first kappa shape index (κ1) is 16.8. The number of benzene rings is 3. The van der Waals surface area contributed by atoms with Crippen molar-refractivity contribution in [2.75, 3.05) is 10.2 Å². The molecule has 0 bridgehead atoms. The van der Waals surface area contributed by atoms with Crippen molar-refractivity contribution < 1.29 is 0 Å². The minimum absolute atomic E-state index is 0.276. The smallest absolute Gasteiger partial charge is 0.113 e. The molecule has 0 radical (unpaired) electrons. The maximum atomic E-state index is 5.87. The molecule has 4 rings (SSSR count). The molecule has 26 heavy (non-hydrogen) atoms. The number of hydrogen-bond donors (Lipinski definition) is 1. The van der Waals surface area contributed by atoms with Crippen LogP contribution >= 0.6 is 12.2 Å². The molecular weight excluding hydrogens is 336 g/mol. The molecule has 3 aromatic carbocycles. The van der Waals surface area contributed by atoms with E-state index in [1.807, 2.05) is 24.3 Å². The Morgan fingerprint density at radius 3 is 2.23 bits per heavy atom. The van der Waals surface area contributed by atoms with Gasteiger partial charge in [-0.05, 0) is 37.1 Å². The van der Waals surface area contributed by atoms with Crippen molar-refractivity contribution >= 4 is 28.6 Å². The molecule has 0 saturated heterocycles. The van der Waals surface area contributed by atoms with E-state index in [0.717, 1.165) is 22.7 Å². The summed E-state index contributed by atoms with van der Waals surface area (Å²) in [7, 11) is 0. The van der Waals surface area contributed by atoms with Crippen LogP contribution < -0.4 is 10.2 Å². The van der Waals surface area contributed by atoms with Crippen molar-refractivity contribution in [1.82, 2.24) is 0 Å². The van der Waals surface area contributed by atoms with E-state index in [-0.39, 0.29) is 6.04 Å². The first-order valence-corrected chi connectivity index (χ1v) is 9.44. The summed E-state index contributed by atoms with van der Waals surface area (Å²) in [5.74, 6) is 0. The van der Waals surface area contributed by atoms with Gasteiger partial charge in [0.25, 0.3) is 0 Å². The molecule has 0 fully saturated rings. The van der Waals surface area contributed by atoms with Crippen LogP contribution in [0.25, 0.3) is 0 Å². The number of hydrogen-bond acceptors (Lipinski definition) is 2. The number of nitrogens with one attached hydrogen (secondary N) is 1. The molecule has 1 aliphatic rings. The summed E-state index contributed by atoms with van der Waals surface area (Å²) in [5.41, 5.74) is 4.75. The molecule has 0 aliphatic carbocycles. The van der Waals surface area contributed by atoms with E-state index in [2.05, 4.69) is 77.8 Å². The summed E-state index contributed by atoms with van der Waals surface area (Å²) in [5, 5.41) is 3.70. The Kier molecular flexibility index (Phi) is 4.72. The molecule has 0 amide bonds. The maximum Gasteiger partial charge on any atom is 0.113 e. The molecule has 2 atom stereocenters. The highest BCUT2D eigenvalue weighted by Crippen LogP contribution is 2.39. The molecular formula is C23H22N2S. The first-order chi connectivity index (χ1) is 12.7. The second-order valence-electron chi connectivity index (χ2n) is 6.75. The third kappa shape index (κ3) is 3.23. The first-order valence-electron chi connectivity index (χ1n) is 9.03. The van der Waals surface area contributed by atoms with Gasteiger partial charge in [-0.1, -0.05) is 78.9 Å². The number of fused-ring (bicyclic) bond motifs is 1. The predicted molar refractivity (Wildman–Crippen MR) is 114 cm³/mol. The zero-order valence-electron chi connectivity index (χ0n) is 14.8. The fourth-order valence-electron chi connectivity index (χ4n) is 3.71. The standard InChI is InChI=1S/C23H22N2S/c1-17-16-21(24-19-12-6-3-7-13-19)20-14-8-9-15-22(20)25(17)23(26)18-10-4-2-5-11-18/h2-15,17,21,24H,16H2,1H3. The van der Waals surface area contributed by atoms with Gasteiger partial charge in [0, 0.05) is 23.0 Å². The van der Waals surface area contributed by atoms with Gasteiger partial charge in [-0.15, -0.1) is 0 Å². The summed E-state index contributed by atoms with van der Waals surface area (Å²) in [4.78, 5) is 3.20. The third-order valence-electron chi connectivity index (χ3n) is 4.94. The molecule has 1 heterocycles. The van der Waals surface area contributed by atoms with Gasteiger partial charge < -0.3 is 10.2 Å². The van der Waals surface area contributed by atoms with E-state index in [9.17, 15) is 0 Å². The minimum atomic E-state index is 0.276. The van der Waals surface area contributed by atoms with Crippen LogP contribution in [0, 0.1) is 0 Å². The normalized spacial score (nSPS) is 18.9. The van der Waals surface area contributed by atoms with Crippen LogP contribution in [0.2, 0.25) is 0 Å². The summed E-state index contributed by atoms with van der Waals surface area (Å²) in [6, 6.07) is 29.9. The summed E-state index contributed by atoms with van der Waals surface area (Å²) >= 11 is 5.87. The molecule has 0 spiro atoms. The summed E-state index contributed by atoms with van der Waals surface area (Å²) < 4.78 is 0. The van der Waals surface area contributed by atoms with Gasteiger partial charge in [-0.3, -0.25) is 0 Å². The molecule has 1 N–H and O–H groups in total. The second kappa shape index (κ2) is 7.30. The lowest BCUT2D eigenvalue weighted by Gasteiger charge is -2.41. The van der Waals surface area contributed by atoms with Gasteiger partial charge in [0.15, 0.2) is 0 Å². The molecule has 3 aromatic rings. The SMILES string of the molecule is CC1CC(Nc2ccccc2)c2ccccc2N1C(=S)c1ccccc1. The number of rotatable bonds is 3. The number of anilines is 2. The fourth-order valence-corrected chi connectivity index (χ4v) is 4.13. The Morgan fingerprint density at radius 1 is 0.885 bits per heavy atom. The number of nitrogens with zero attached hydrogens (tertiary/aromatic N) is 1. The molecule has 0 aromatic heterocycles. The second-order valence-corrected chi connectivity index (χ2v) is 7.13. The van der Waals surface area contributed by atoms with Crippen molar-refractivity contribution in [2.24, 2.45) is 0 Å². The van der Waals surface area contributed by atoms with Gasteiger partial charge in [-0.25, -0.2) is 0 Å². The Hall–Kier alpha value is -2.65. The lowest BCUT2D eigenvalue weighted by atomic mass is 9.91. The molecule has 2 unspecified atom stereocenters. The highest BCUT2D eigenvalue weighted by molar-refractivity contribution is 7.81. The number of thiocarbonyl (C=S) groups is 1. The van der Waals surface area contributed by atoms with Crippen molar-refractivity contribution in [1.29, 1.82) is 0 Å². The minimum Gasteiger partial charge on any atom is -0.378 e. The topological polar surface area (TPSA) is 15.3 Å². The number of para-hydroxylation sites is 2.